The molecule has 128 valence electrons. The van der Waals surface area contributed by atoms with Crippen LogP contribution >= 0.6 is 0 Å². The first-order valence-electron chi connectivity index (χ1n) is 7.74. The van der Waals surface area contributed by atoms with Crippen LogP contribution in [0.4, 0.5) is 0 Å². The van der Waals surface area contributed by atoms with E-state index in [1.807, 2.05) is 37.3 Å². The summed E-state index contributed by atoms with van der Waals surface area (Å²) in [5, 5.41) is 2.96. The SMILES string of the molecule is CC[C@@H](NC(=O)c1cccc(S(=O)(=O)N(C)C)c1)c1ccccc1. The first-order valence-corrected chi connectivity index (χ1v) is 9.18. The van der Waals surface area contributed by atoms with Crippen molar-refractivity contribution < 1.29 is 13.2 Å². The molecule has 0 saturated carbocycles. The van der Waals surface area contributed by atoms with E-state index < -0.39 is 10.0 Å². The zero-order valence-electron chi connectivity index (χ0n) is 14.1. The zero-order valence-corrected chi connectivity index (χ0v) is 14.9. The molecule has 0 aliphatic heterocycles. The lowest BCUT2D eigenvalue weighted by Crippen LogP contribution is -2.28. The maximum atomic E-state index is 12.5. The molecule has 2 aromatic rings. The molecule has 2 aromatic carbocycles. The lowest BCUT2D eigenvalue weighted by molar-refractivity contribution is 0.0935. The van der Waals surface area contributed by atoms with Gasteiger partial charge in [-0.25, -0.2) is 12.7 Å². The third kappa shape index (κ3) is 4.01. The molecule has 1 N–H and O–H groups in total. The summed E-state index contributed by atoms with van der Waals surface area (Å²) < 4.78 is 25.5. The van der Waals surface area contributed by atoms with E-state index in [0.29, 0.717) is 5.56 Å². The van der Waals surface area contributed by atoms with E-state index in [9.17, 15) is 13.2 Å². The number of nitrogens with one attached hydrogen (secondary N) is 1. The summed E-state index contributed by atoms with van der Waals surface area (Å²) in [6, 6.07) is 15.7. The van der Waals surface area contributed by atoms with Gasteiger partial charge >= 0.3 is 0 Å². The molecular formula is C18H22N2O3S. The van der Waals surface area contributed by atoms with Gasteiger partial charge in [-0.3, -0.25) is 4.79 Å². The van der Waals surface area contributed by atoms with Crippen molar-refractivity contribution in [2.75, 3.05) is 14.1 Å². The van der Waals surface area contributed by atoms with Gasteiger partial charge in [-0.05, 0) is 30.2 Å². The molecule has 2 rings (SSSR count). The number of carbonyl (C=O) groups excluding carboxylic acids is 1. The van der Waals surface area contributed by atoms with Crippen molar-refractivity contribution in [2.45, 2.75) is 24.3 Å². The maximum Gasteiger partial charge on any atom is 0.251 e. The van der Waals surface area contributed by atoms with Gasteiger partial charge in [-0.15, -0.1) is 0 Å². The topological polar surface area (TPSA) is 66.5 Å². The Bertz CT molecular complexity index is 802. The van der Waals surface area contributed by atoms with Gasteiger partial charge in [0.1, 0.15) is 0 Å². The Labute approximate surface area is 143 Å². The monoisotopic (exact) mass is 346 g/mol. The van der Waals surface area contributed by atoms with Gasteiger partial charge in [0.05, 0.1) is 10.9 Å². The quantitative estimate of drug-likeness (QED) is 0.875. The Morgan fingerprint density at radius 3 is 2.33 bits per heavy atom. The summed E-state index contributed by atoms with van der Waals surface area (Å²) >= 11 is 0. The molecule has 0 heterocycles. The predicted octanol–water partition coefficient (Wildman–Crippen LogP) is 2.82. The number of nitrogens with zero attached hydrogens (tertiary/aromatic N) is 1. The highest BCUT2D eigenvalue weighted by Gasteiger charge is 2.20. The Hall–Kier alpha value is -2.18. The molecule has 0 aromatic heterocycles. The maximum absolute atomic E-state index is 12.5. The van der Waals surface area contributed by atoms with E-state index in [1.165, 1.54) is 26.2 Å². The Balaban J connectivity index is 2.24. The highest BCUT2D eigenvalue weighted by Crippen LogP contribution is 2.18. The molecule has 0 fully saturated rings. The van der Waals surface area contributed by atoms with Gasteiger partial charge in [-0.2, -0.15) is 0 Å². The highest BCUT2D eigenvalue weighted by molar-refractivity contribution is 7.89. The number of rotatable bonds is 6. The molecule has 0 aliphatic rings. The normalized spacial score (nSPS) is 12.8. The van der Waals surface area contributed by atoms with Crippen LogP contribution in [-0.4, -0.2) is 32.7 Å². The molecule has 0 bridgehead atoms. The van der Waals surface area contributed by atoms with Crippen LogP contribution in [0.1, 0.15) is 35.3 Å². The van der Waals surface area contributed by atoms with Crippen LogP contribution in [0.3, 0.4) is 0 Å². The molecule has 0 unspecified atom stereocenters. The van der Waals surface area contributed by atoms with E-state index in [0.717, 1.165) is 16.3 Å². The summed E-state index contributed by atoms with van der Waals surface area (Å²) in [7, 11) is -0.640. The van der Waals surface area contributed by atoms with Crippen LogP contribution in [0.25, 0.3) is 0 Å². The number of hydrogen-bond donors (Lipinski definition) is 1. The van der Waals surface area contributed by atoms with Crippen LogP contribution in [0, 0.1) is 0 Å². The average molecular weight is 346 g/mol. The van der Waals surface area contributed by atoms with Crippen molar-refractivity contribution >= 4 is 15.9 Å². The third-order valence-electron chi connectivity index (χ3n) is 3.79. The molecular weight excluding hydrogens is 324 g/mol. The fourth-order valence-corrected chi connectivity index (χ4v) is 3.30. The van der Waals surface area contributed by atoms with Crippen molar-refractivity contribution in [3.63, 3.8) is 0 Å². The third-order valence-corrected chi connectivity index (χ3v) is 5.60. The summed E-state index contributed by atoms with van der Waals surface area (Å²) in [6.07, 6.45) is 0.742. The molecule has 0 saturated heterocycles. The molecule has 1 amide bonds. The average Bonchev–Trinajstić information content (AvgIpc) is 2.60. The second kappa shape index (κ2) is 7.59. The predicted molar refractivity (Wildman–Crippen MR) is 94.3 cm³/mol. The van der Waals surface area contributed by atoms with Gasteiger partial charge in [0.25, 0.3) is 5.91 Å². The molecule has 5 nitrogen and oxygen atoms in total. The van der Waals surface area contributed by atoms with Crippen LogP contribution in [0.15, 0.2) is 59.5 Å². The molecule has 0 radical (unpaired) electrons. The van der Waals surface area contributed by atoms with Crippen molar-refractivity contribution in [2.24, 2.45) is 0 Å². The summed E-state index contributed by atoms with van der Waals surface area (Å²) in [6.45, 7) is 1.99. The Morgan fingerprint density at radius 1 is 1.08 bits per heavy atom. The second-order valence-electron chi connectivity index (χ2n) is 5.66. The standard InChI is InChI=1S/C18H22N2O3S/c1-4-17(14-9-6-5-7-10-14)19-18(21)15-11-8-12-16(13-15)24(22,23)20(2)3/h5-13,17H,4H2,1-3H3,(H,19,21)/t17-/m1/s1. The molecule has 0 spiro atoms. The smallest absolute Gasteiger partial charge is 0.251 e. The fourth-order valence-electron chi connectivity index (χ4n) is 2.36. The minimum Gasteiger partial charge on any atom is -0.345 e. The lowest BCUT2D eigenvalue weighted by Gasteiger charge is -2.18. The summed E-state index contributed by atoms with van der Waals surface area (Å²) in [5.41, 5.74) is 1.35. The molecule has 0 aliphatic carbocycles. The van der Waals surface area contributed by atoms with Crippen molar-refractivity contribution in [1.82, 2.24) is 9.62 Å². The highest BCUT2D eigenvalue weighted by atomic mass is 32.2. The van der Waals surface area contributed by atoms with Crippen molar-refractivity contribution in [3.8, 4) is 0 Å². The fraction of sp³-hybridized carbons (Fsp3) is 0.278. The molecule has 24 heavy (non-hydrogen) atoms. The van der Waals surface area contributed by atoms with Crippen LogP contribution in [0.2, 0.25) is 0 Å². The molecule has 6 heteroatoms. The van der Waals surface area contributed by atoms with Gasteiger partial charge in [0, 0.05) is 19.7 Å². The minimum absolute atomic E-state index is 0.105. The van der Waals surface area contributed by atoms with Crippen LogP contribution in [0.5, 0.6) is 0 Å². The summed E-state index contributed by atoms with van der Waals surface area (Å²) in [4.78, 5) is 12.6. The first-order chi connectivity index (χ1) is 11.4. The van der Waals surface area contributed by atoms with Crippen LogP contribution in [-0.2, 0) is 10.0 Å². The van der Waals surface area contributed by atoms with Gasteiger partial charge < -0.3 is 5.32 Å². The number of amides is 1. The van der Waals surface area contributed by atoms with E-state index in [2.05, 4.69) is 5.32 Å². The summed E-state index contributed by atoms with van der Waals surface area (Å²) in [5.74, 6) is -0.290. The van der Waals surface area contributed by atoms with E-state index in [4.69, 9.17) is 0 Å². The van der Waals surface area contributed by atoms with Crippen molar-refractivity contribution in [3.05, 3.63) is 65.7 Å². The van der Waals surface area contributed by atoms with Crippen molar-refractivity contribution in [1.29, 1.82) is 0 Å². The number of benzene rings is 2. The zero-order chi connectivity index (χ0) is 17.7. The van der Waals surface area contributed by atoms with Crippen LogP contribution < -0.4 is 5.32 Å². The second-order valence-corrected chi connectivity index (χ2v) is 7.81. The largest absolute Gasteiger partial charge is 0.345 e. The van der Waals surface area contributed by atoms with E-state index in [-0.39, 0.29) is 16.8 Å². The number of carbonyl (C=O) groups is 1. The van der Waals surface area contributed by atoms with Gasteiger partial charge in [0.2, 0.25) is 10.0 Å². The first kappa shape index (κ1) is 18.2. The Kier molecular flexibility index (Phi) is 5.75. The van der Waals surface area contributed by atoms with Gasteiger partial charge in [0.15, 0.2) is 0 Å². The molecule has 1 atom stereocenters. The lowest BCUT2D eigenvalue weighted by atomic mass is 10.0. The number of hydrogen-bond acceptors (Lipinski definition) is 3. The number of sulfonamides is 1. The van der Waals surface area contributed by atoms with E-state index in [1.54, 1.807) is 12.1 Å². The van der Waals surface area contributed by atoms with E-state index >= 15 is 0 Å². The Morgan fingerprint density at radius 2 is 1.75 bits per heavy atom. The van der Waals surface area contributed by atoms with Gasteiger partial charge in [-0.1, -0.05) is 43.3 Å². The minimum atomic E-state index is -3.57.